The van der Waals surface area contributed by atoms with E-state index in [1.165, 1.54) is 0 Å². The maximum Gasteiger partial charge on any atom is 0.203 e. The molecule has 0 unspecified atom stereocenters. The minimum Gasteiger partial charge on any atom is -0.219 e. The van der Waals surface area contributed by atoms with Gasteiger partial charge in [-0.2, -0.15) is 0 Å². The molecule has 0 saturated heterocycles. The second kappa shape index (κ2) is 5.31. The molecule has 0 radical (unpaired) electrons. The summed E-state index contributed by atoms with van der Waals surface area (Å²) in [4.78, 5) is 0.892. The van der Waals surface area contributed by atoms with Crippen LogP contribution in [0, 0.1) is 6.92 Å². The molecule has 1 aromatic carbocycles. The van der Waals surface area contributed by atoms with Gasteiger partial charge in [-0.3, -0.25) is 0 Å². The van der Waals surface area contributed by atoms with Gasteiger partial charge in [0.1, 0.15) is 0 Å². The quantitative estimate of drug-likeness (QED) is 0.618. The van der Waals surface area contributed by atoms with Gasteiger partial charge in [0, 0.05) is 4.43 Å². The smallest absolute Gasteiger partial charge is 0.203 e. The van der Waals surface area contributed by atoms with Crippen LogP contribution in [-0.4, -0.2) is 12.8 Å². The molecular formula is C12H15IO2S. The Morgan fingerprint density at radius 2 is 1.69 bits per heavy atom. The van der Waals surface area contributed by atoms with Gasteiger partial charge in [0.15, 0.2) is 0 Å². The van der Waals surface area contributed by atoms with E-state index in [9.17, 15) is 8.42 Å². The van der Waals surface area contributed by atoms with E-state index in [1.54, 1.807) is 12.1 Å². The monoisotopic (exact) mass is 350 g/mol. The van der Waals surface area contributed by atoms with Crippen LogP contribution in [0.2, 0.25) is 0 Å². The zero-order valence-electron chi connectivity index (χ0n) is 9.62. The molecular weight excluding hydrogens is 335 g/mol. The number of sulfone groups is 1. The lowest BCUT2D eigenvalue weighted by Gasteiger charge is -2.08. The fourth-order valence-electron chi connectivity index (χ4n) is 1.33. The van der Waals surface area contributed by atoms with E-state index in [0.29, 0.717) is 14.2 Å². The molecule has 0 aliphatic rings. The lowest BCUT2D eigenvalue weighted by atomic mass is 10.2. The van der Waals surface area contributed by atoms with Gasteiger partial charge < -0.3 is 0 Å². The zero-order chi connectivity index (χ0) is 12.3. The van der Waals surface area contributed by atoms with E-state index >= 15 is 0 Å². The molecule has 1 aromatic rings. The van der Waals surface area contributed by atoms with Crippen LogP contribution >= 0.6 is 22.6 Å². The molecule has 0 aromatic heterocycles. The van der Waals surface area contributed by atoms with Crippen LogP contribution < -0.4 is 0 Å². The SMILES string of the molecule is CC(C)=C(CI)S(=O)(=O)c1ccc(C)cc1. The van der Waals surface area contributed by atoms with Crippen molar-refractivity contribution in [2.24, 2.45) is 0 Å². The molecule has 0 N–H and O–H groups in total. The molecule has 0 amide bonds. The van der Waals surface area contributed by atoms with Crippen LogP contribution in [-0.2, 0) is 9.84 Å². The van der Waals surface area contributed by atoms with Crippen molar-refractivity contribution >= 4 is 32.4 Å². The predicted molar refractivity (Wildman–Crippen MR) is 75.6 cm³/mol. The maximum absolute atomic E-state index is 12.3. The number of benzene rings is 1. The van der Waals surface area contributed by atoms with Crippen LogP contribution in [0.25, 0.3) is 0 Å². The molecule has 0 aliphatic heterocycles. The fraction of sp³-hybridized carbons (Fsp3) is 0.333. The molecule has 0 aliphatic carbocycles. The van der Waals surface area contributed by atoms with Crippen molar-refractivity contribution in [3.63, 3.8) is 0 Å². The summed E-state index contributed by atoms with van der Waals surface area (Å²) in [5, 5.41) is 0. The number of allylic oxidation sites excluding steroid dienone is 2. The van der Waals surface area contributed by atoms with E-state index < -0.39 is 9.84 Å². The highest BCUT2D eigenvalue weighted by Gasteiger charge is 2.20. The van der Waals surface area contributed by atoms with Gasteiger partial charge >= 0.3 is 0 Å². The molecule has 0 heterocycles. The van der Waals surface area contributed by atoms with E-state index in [2.05, 4.69) is 22.6 Å². The molecule has 0 bridgehead atoms. The van der Waals surface area contributed by atoms with Gasteiger partial charge in [-0.1, -0.05) is 45.9 Å². The molecule has 0 fully saturated rings. The Hall–Kier alpha value is -0.360. The second-order valence-electron chi connectivity index (χ2n) is 3.87. The molecule has 1 rings (SSSR count). The summed E-state index contributed by atoms with van der Waals surface area (Å²) in [5.74, 6) is 0. The predicted octanol–water partition coefficient (Wildman–Crippen LogP) is 3.50. The van der Waals surface area contributed by atoms with Gasteiger partial charge in [-0.25, -0.2) is 8.42 Å². The van der Waals surface area contributed by atoms with Crippen molar-refractivity contribution in [3.8, 4) is 0 Å². The third-order valence-corrected chi connectivity index (χ3v) is 5.71. The number of hydrogen-bond acceptors (Lipinski definition) is 2. The number of aryl methyl sites for hydroxylation is 1. The summed E-state index contributed by atoms with van der Waals surface area (Å²) in [5.41, 5.74) is 1.92. The largest absolute Gasteiger partial charge is 0.219 e. The first kappa shape index (κ1) is 13.7. The van der Waals surface area contributed by atoms with E-state index in [-0.39, 0.29) is 0 Å². The summed E-state index contributed by atoms with van der Waals surface area (Å²) in [7, 11) is -3.30. The Labute approximate surface area is 111 Å². The van der Waals surface area contributed by atoms with E-state index in [4.69, 9.17) is 0 Å². The third-order valence-electron chi connectivity index (χ3n) is 2.33. The van der Waals surface area contributed by atoms with Gasteiger partial charge in [0.05, 0.1) is 9.80 Å². The third kappa shape index (κ3) is 2.85. The van der Waals surface area contributed by atoms with Gasteiger partial charge in [-0.15, -0.1) is 0 Å². The standard InChI is InChI=1S/C12H15IO2S/c1-9(2)12(8-13)16(14,15)11-6-4-10(3)5-7-11/h4-7H,8H2,1-3H3. The normalized spacial score (nSPS) is 11.2. The molecule has 2 nitrogen and oxygen atoms in total. The molecule has 0 saturated carbocycles. The fourth-order valence-corrected chi connectivity index (χ4v) is 4.79. The van der Waals surface area contributed by atoms with Crippen LogP contribution in [0.3, 0.4) is 0 Å². The first-order valence-electron chi connectivity index (χ1n) is 4.93. The van der Waals surface area contributed by atoms with Gasteiger partial charge in [-0.05, 0) is 32.9 Å². The van der Waals surface area contributed by atoms with Gasteiger partial charge in [0.2, 0.25) is 9.84 Å². The highest BCUT2D eigenvalue weighted by Crippen LogP contribution is 2.23. The average molecular weight is 350 g/mol. The second-order valence-corrected chi connectivity index (χ2v) is 6.61. The first-order chi connectivity index (χ1) is 7.39. The molecule has 88 valence electrons. The summed E-state index contributed by atoms with van der Waals surface area (Å²) in [6.07, 6.45) is 0. The topological polar surface area (TPSA) is 34.1 Å². The molecule has 0 atom stereocenters. The van der Waals surface area contributed by atoms with E-state index in [1.807, 2.05) is 32.9 Å². The van der Waals surface area contributed by atoms with Crippen LogP contribution in [0.1, 0.15) is 19.4 Å². The van der Waals surface area contributed by atoms with Crippen LogP contribution in [0.15, 0.2) is 39.6 Å². The Bertz CT molecular complexity index is 494. The molecule has 0 spiro atoms. The maximum atomic E-state index is 12.3. The first-order valence-corrected chi connectivity index (χ1v) is 7.94. The zero-order valence-corrected chi connectivity index (χ0v) is 12.6. The van der Waals surface area contributed by atoms with Crippen LogP contribution in [0.4, 0.5) is 0 Å². The highest BCUT2D eigenvalue weighted by atomic mass is 127. The summed E-state index contributed by atoms with van der Waals surface area (Å²) in [6.45, 7) is 5.61. The van der Waals surface area contributed by atoms with E-state index in [0.717, 1.165) is 11.1 Å². The van der Waals surface area contributed by atoms with Crippen molar-refractivity contribution in [3.05, 3.63) is 40.3 Å². The average Bonchev–Trinajstić information content (AvgIpc) is 2.18. The van der Waals surface area contributed by atoms with Crippen molar-refractivity contribution in [1.29, 1.82) is 0 Å². The lowest BCUT2D eigenvalue weighted by Crippen LogP contribution is -2.07. The lowest BCUT2D eigenvalue weighted by molar-refractivity contribution is 0.602. The number of rotatable bonds is 3. The van der Waals surface area contributed by atoms with Crippen molar-refractivity contribution < 1.29 is 8.42 Å². The van der Waals surface area contributed by atoms with Crippen LogP contribution in [0.5, 0.6) is 0 Å². The van der Waals surface area contributed by atoms with Gasteiger partial charge in [0.25, 0.3) is 0 Å². The summed E-state index contributed by atoms with van der Waals surface area (Å²) < 4.78 is 25.0. The Kier molecular flexibility index (Phi) is 4.55. The molecule has 4 heteroatoms. The summed E-state index contributed by atoms with van der Waals surface area (Å²) >= 11 is 2.09. The van der Waals surface area contributed by atoms with Crippen molar-refractivity contribution in [2.45, 2.75) is 25.7 Å². The van der Waals surface area contributed by atoms with Crippen molar-refractivity contribution in [2.75, 3.05) is 4.43 Å². The Morgan fingerprint density at radius 3 is 2.06 bits per heavy atom. The number of halogens is 1. The minimum atomic E-state index is -3.30. The molecule has 16 heavy (non-hydrogen) atoms. The summed E-state index contributed by atoms with van der Waals surface area (Å²) in [6, 6.07) is 6.98. The number of hydrogen-bond donors (Lipinski definition) is 0. The minimum absolute atomic E-state index is 0.381. The highest BCUT2D eigenvalue weighted by molar-refractivity contribution is 14.1. The number of alkyl halides is 1. The van der Waals surface area contributed by atoms with Crippen molar-refractivity contribution in [1.82, 2.24) is 0 Å². The Morgan fingerprint density at radius 1 is 1.19 bits per heavy atom. The Balaban J connectivity index is 3.32.